The van der Waals surface area contributed by atoms with Gasteiger partial charge in [0.1, 0.15) is 34.5 Å². The van der Waals surface area contributed by atoms with Gasteiger partial charge < -0.3 is 40.1 Å². The summed E-state index contributed by atoms with van der Waals surface area (Å²) in [6, 6.07) is 25.9. The molecule has 16 heteroatoms. The van der Waals surface area contributed by atoms with Gasteiger partial charge in [0.25, 0.3) is 5.91 Å². The predicted molar refractivity (Wildman–Crippen MR) is 269 cm³/mol. The topological polar surface area (TPSA) is 162 Å². The van der Waals surface area contributed by atoms with Crippen molar-refractivity contribution in [3.8, 4) is 17.2 Å². The Labute approximate surface area is 411 Å². The average Bonchev–Trinajstić information content (AvgIpc) is 4.14. The number of piperidine rings is 2. The van der Waals surface area contributed by atoms with Crippen LogP contribution in [0.5, 0.6) is 17.2 Å². The lowest BCUT2D eigenvalue weighted by atomic mass is 9.95. The van der Waals surface area contributed by atoms with E-state index in [4.69, 9.17) is 19.4 Å². The molecule has 4 aromatic carbocycles. The first-order chi connectivity index (χ1) is 34.5. The van der Waals surface area contributed by atoms with E-state index < -0.39 is 23.2 Å². The fourth-order valence-electron chi connectivity index (χ4n) is 10.6. The Kier molecular flexibility index (Phi) is 12.3. The molecular formula is C55H56FN9O6. The first-order valence-electron chi connectivity index (χ1n) is 24.5. The number of piperazine rings is 1. The number of nitrogens with zero attached hydrogens (tertiary/aromatic N) is 6. The van der Waals surface area contributed by atoms with E-state index in [1.807, 2.05) is 24.3 Å². The van der Waals surface area contributed by atoms with Crippen LogP contribution in [0.3, 0.4) is 0 Å². The maximum absolute atomic E-state index is 13.5. The van der Waals surface area contributed by atoms with Crippen molar-refractivity contribution in [3.05, 3.63) is 132 Å². The zero-order chi connectivity index (χ0) is 48.8. The summed E-state index contributed by atoms with van der Waals surface area (Å²) >= 11 is 0. The molecule has 0 spiro atoms. The molecule has 11 rings (SSSR count). The van der Waals surface area contributed by atoms with E-state index in [0.717, 1.165) is 110 Å². The third kappa shape index (κ3) is 9.36. The zero-order valence-electron chi connectivity index (χ0n) is 39.7. The molecule has 5 aliphatic rings. The second kappa shape index (κ2) is 19.1. The van der Waals surface area contributed by atoms with E-state index in [1.165, 1.54) is 24.3 Å². The minimum absolute atomic E-state index is 0.108. The van der Waals surface area contributed by atoms with Gasteiger partial charge in [-0.3, -0.25) is 34.0 Å². The van der Waals surface area contributed by atoms with Crippen LogP contribution in [0.25, 0.3) is 21.8 Å². The highest BCUT2D eigenvalue weighted by atomic mass is 19.1. The number of aromatic nitrogens is 2. The van der Waals surface area contributed by atoms with E-state index in [-0.39, 0.29) is 17.7 Å². The number of rotatable bonds is 13. The number of hydrogen-bond donors (Lipinski definition) is 3. The number of anilines is 3. The molecular weight excluding hydrogens is 902 g/mol. The Hall–Kier alpha value is -7.43. The number of hydrogen-bond acceptors (Lipinski definition) is 11. The highest BCUT2D eigenvalue weighted by molar-refractivity contribution is 6.17. The summed E-state index contributed by atoms with van der Waals surface area (Å²) in [5.74, 6) is 1.04. The number of amides is 4. The first kappa shape index (κ1) is 46.0. The van der Waals surface area contributed by atoms with Crippen molar-refractivity contribution in [1.82, 2.24) is 30.0 Å². The van der Waals surface area contributed by atoms with Crippen LogP contribution in [0.1, 0.15) is 60.1 Å². The van der Waals surface area contributed by atoms with Gasteiger partial charge in [-0.2, -0.15) is 0 Å². The number of nitrogens with one attached hydrogen (secondary N) is 3. The number of fused-ring (bicyclic) bond motifs is 4. The standard InChI is InChI=1S/C55H56FN9O6/c1-34-3-16-46(51(66)58-34)65-33-44-42(52(65)67)15-5-36-4-8-40(59-50(36)44)32-63-27-25-62(26-28-63)31-35-18-23-64(24-19-35)47-30-45-43(29-49(47)70-2)48(17-22-57-45)71-41-13-11-39(12-14-41)61-54(69)55(20-21-55)53(68)60-38-9-6-37(56)7-10-38/h4-15,17,22,29-30,35,46H,1,3,16,18-21,23-28,31-33H2,2H3,(H,58,66)(H,60,68)(H,61,69)/t46-/m0/s1. The van der Waals surface area contributed by atoms with Crippen LogP contribution in [0.4, 0.5) is 21.5 Å². The number of carbonyl (C=O) groups is 4. The molecule has 0 radical (unpaired) electrons. The SMILES string of the molecule is C=C1CC[C@H](N2Cc3c(ccc4ccc(CN5CCN(CC6CCN(c7cc8nccc(Oc9ccc(NC(=O)C%10(C(=O)Nc%11ccc(F)cc%11)CC%10)cc9)c8cc7OC)CC6)CC5)nc34)C2=O)C(=O)N1. The molecule has 4 amide bonds. The zero-order valence-corrected chi connectivity index (χ0v) is 39.7. The summed E-state index contributed by atoms with van der Waals surface area (Å²) in [6.07, 6.45) is 5.98. The Morgan fingerprint density at radius 1 is 0.831 bits per heavy atom. The minimum Gasteiger partial charge on any atom is -0.495 e. The molecule has 1 aliphatic carbocycles. The van der Waals surface area contributed by atoms with Crippen LogP contribution in [0.15, 0.2) is 109 Å². The fourth-order valence-corrected chi connectivity index (χ4v) is 10.6. The Morgan fingerprint density at radius 3 is 2.21 bits per heavy atom. The average molecular weight is 958 g/mol. The predicted octanol–water partition coefficient (Wildman–Crippen LogP) is 7.86. The van der Waals surface area contributed by atoms with Gasteiger partial charge in [-0.05, 0) is 123 Å². The summed E-state index contributed by atoms with van der Waals surface area (Å²) in [7, 11) is 1.69. The van der Waals surface area contributed by atoms with E-state index in [9.17, 15) is 23.6 Å². The lowest BCUT2D eigenvalue weighted by Gasteiger charge is -2.39. The number of methoxy groups -OCH3 is 1. The van der Waals surface area contributed by atoms with E-state index in [2.05, 4.69) is 55.4 Å². The van der Waals surface area contributed by atoms with Gasteiger partial charge in [-0.15, -0.1) is 0 Å². The number of pyridine rings is 2. The molecule has 1 atom stereocenters. The van der Waals surface area contributed by atoms with Crippen molar-refractivity contribution in [3.63, 3.8) is 0 Å². The van der Waals surface area contributed by atoms with Crippen molar-refractivity contribution >= 4 is 62.5 Å². The maximum atomic E-state index is 13.5. The monoisotopic (exact) mass is 957 g/mol. The molecule has 71 heavy (non-hydrogen) atoms. The van der Waals surface area contributed by atoms with Crippen molar-refractivity contribution in [2.45, 2.75) is 57.7 Å². The van der Waals surface area contributed by atoms with Crippen LogP contribution in [-0.4, -0.2) is 107 Å². The van der Waals surface area contributed by atoms with Gasteiger partial charge in [0.05, 0.1) is 29.5 Å². The van der Waals surface area contributed by atoms with Crippen molar-refractivity contribution in [2.75, 3.05) is 68.5 Å². The second-order valence-electron chi connectivity index (χ2n) is 19.5. The molecule has 3 saturated heterocycles. The summed E-state index contributed by atoms with van der Waals surface area (Å²) in [4.78, 5) is 71.5. The number of benzene rings is 4. The quantitative estimate of drug-likeness (QED) is 0.0967. The van der Waals surface area contributed by atoms with Crippen LogP contribution < -0.4 is 30.3 Å². The van der Waals surface area contributed by atoms with Crippen LogP contribution in [-0.2, 0) is 27.5 Å². The Bertz CT molecular complexity index is 3070. The lowest BCUT2D eigenvalue weighted by Crippen LogP contribution is -2.49. The molecule has 1 saturated carbocycles. The molecule has 3 N–H and O–H groups in total. The smallest absolute Gasteiger partial charge is 0.255 e. The van der Waals surface area contributed by atoms with E-state index in [0.29, 0.717) is 72.3 Å². The van der Waals surface area contributed by atoms with Crippen LogP contribution >= 0.6 is 0 Å². The minimum atomic E-state index is -1.17. The third-order valence-corrected chi connectivity index (χ3v) is 14.9. The van der Waals surface area contributed by atoms with Gasteiger partial charge >= 0.3 is 0 Å². The molecule has 0 unspecified atom stereocenters. The van der Waals surface area contributed by atoms with Crippen molar-refractivity contribution in [1.29, 1.82) is 0 Å². The molecule has 0 bridgehead atoms. The Balaban J connectivity index is 0.663. The summed E-state index contributed by atoms with van der Waals surface area (Å²) < 4.78 is 25.7. The van der Waals surface area contributed by atoms with Crippen molar-refractivity contribution in [2.24, 2.45) is 11.3 Å². The molecule has 6 heterocycles. The molecule has 15 nitrogen and oxygen atoms in total. The third-order valence-electron chi connectivity index (χ3n) is 14.9. The first-order valence-corrected chi connectivity index (χ1v) is 24.5. The summed E-state index contributed by atoms with van der Waals surface area (Å²) in [6.45, 7) is 11.8. The largest absolute Gasteiger partial charge is 0.495 e. The van der Waals surface area contributed by atoms with Gasteiger partial charge in [-0.25, -0.2) is 4.39 Å². The second-order valence-corrected chi connectivity index (χ2v) is 19.5. The number of carbonyl (C=O) groups excluding carboxylic acids is 4. The van der Waals surface area contributed by atoms with E-state index in [1.54, 1.807) is 42.5 Å². The molecule has 4 fully saturated rings. The Morgan fingerprint density at radius 2 is 1.52 bits per heavy atom. The number of ether oxygens (including phenoxy) is 2. The van der Waals surface area contributed by atoms with Gasteiger partial charge in [0, 0.05) is 104 Å². The van der Waals surface area contributed by atoms with Crippen molar-refractivity contribution < 1.29 is 33.0 Å². The van der Waals surface area contributed by atoms with E-state index >= 15 is 0 Å². The highest BCUT2D eigenvalue weighted by Crippen LogP contribution is 2.48. The van der Waals surface area contributed by atoms with Crippen LogP contribution in [0.2, 0.25) is 0 Å². The van der Waals surface area contributed by atoms with Gasteiger partial charge in [-0.1, -0.05) is 18.7 Å². The van der Waals surface area contributed by atoms with Crippen LogP contribution in [0, 0.1) is 17.2 Å². The lowest BCUT2D eigenvalue weighted by molar-refractivity contribution is -0.131. The summed E-state index contributed by atoms with van der Waals surface area (Å²) in [5, 5.41) is 10.2. The molecule has 364 valence electrons. The normalized spacial score (nSPS) is 19.4. The maximum Gasteiger partial charge on any atom is 0.255 e. The molecule has 6 aromatic rings. The fraction of sp³-hybridized carbons (Fsp3) is 0.345. The summed E-state index contributed by atoms with van der Waals surface area (Å²) in [5.41, 5.74) is 5.67. The molecule has 4 aliphatic heterocycles. The van der Waals surface area contributed by atoms with Gasteiger partial charge in [0.15, 0.2) is 0 Å². The molecule has 2 aromatic heterocycles. The van der Waals surface area contributed by atoms with Gasteiger partial charge in [0.2, 0.25) is 17.7 Å². The number of allylic oxidation sites excluding steroid dienone is 1. The highest BCUT2D eigenvalue weighted by Gasteiger charge is 2.56. The number of halogens is 1.